The highest BCUT2D eigenvalue weighted by molar-refractivity contribution is 5.70. The summed E-state index contributed by atoms with van der Waals surface area (Å²) in [6, 6.07) is 0. The molecule has 0 aromatic carbocycles. The second kappa shape index (κ2) is 10.4. The Bertz CT molecular complexity index is 508. The summed E-state index contributed by atoms with van der Waals surface area (Å²) in [5, 5.41) is 0. The maximum Gasteiger partial charge on any atom is 0.307 e. The smallest absolute Gasteiger partial charge is 0.307 e. The van der Waals surface area contributed by atoms with Crippen LogP contribution in [0.5, 0.6) is 0 Å². The van der Waals surface area contributed by atoms with Crippen LogP contribution >= 0.6 is 0 Å². The fourth-order valence-electron chi connectivity index (χ4n) is 2.74. The Hall–Kier alpha value is -1.71. The van der Waals surface area contributed by atoms with Gasteiger partial charge < -0.3 is 28.9 Å². The monoisotopic (exact) mass is 411 g/mol. The highest BCUT2D eigenvalue weighted by Gasteiger charge is 2.31. The van der Waals surface area contributed by atoms with Crippen LogP contribution in [0.15, 0.2) is 0 Å². The third-order valence-corrected chi connectivity index (χ3v) is 5.26. The summed E-state index contributed by atoms with van der Waals surface area (Å²) in [6.45, 7) is 10.2. The van der Waals surface area contributed by atoms with Crippen molar-refractivity contribution in [1.82, 2.24) is 14.7 Å². The van der Waals surface area contributed by atoms with Gasteiger partial charge in [0.25, 0.3) is 0 Å². The summed E-state index contributed by atoms with van der Waals surface area (Å²) in [4.78, 5) is 42.4. The number of carbonyl (C=O) groups excluding carboxylic acids is 3. The van der Waals surface area contributed by atoms with Gasteiger partial charge in [0.2, 0.25) is 0 Å². The first-order valence-corrected chi connectivity index (χ1v) is 10.6. The number of nitrogens with zero attached hydrogens (tertiary/aromatic N) is 3. The van der Waals surface area contributed by atoms with E-state index < -0.39 is 5.41 Å². The number of carbonyl (C=O) groups is 3. The molecule has 9 nitrogen and oxygen atoms in total. The number of esters is 3. The van der Waals surface area contributed by atoms with E-state index in [4.69, 9.17) is 14.2 Å². The maximum atomic E-state index is 12.0. The molecule has 0 spiro atoms. The van der Waals surface area contributed by atoms with Crippen molar-refractivity contribution in [3.63, 3.8) is 0 Å². The molecular weight excluding hydrogens is 378 g/mol. The lowest BCUT2D eigenvalue weighted by atomic mass is 9.94. The van der Waals surface area contributed by atoms with Crippen LogP contribution in [0.2, 0.25) is 0 Å². The van der Waals surface area contributed by atoms with E-state index in [0.717, 1.165) is 39.3 Å². The molecule has 0 aromatic heterocycles. The van der Waals surface area contributed by atoms with E-state index in [0.29, 0.717) is 38.9 Å². The second-order valence-electron chi connectivity index (χ2n) is 8.57. The van der Waals surface area contributed by atoms with E-state index in [-0.39, 0.29) is 37.7 Å². The predicted octanol–water partition coefficient (Wildman–Crippen LogP) is -0.261. The van der Waals surface area contributed by atoms with Gasteiger partial charge in [0.05, 0.1) is 24.7 Å². The van der Waals surface area contributed by atoms with Gasteiger partial charge in [0.1, 0.15) is 19.8 Å². The van der Waals surface area contributed by atoms with E-state index in [1.165, 1.54) is 0 Å². The van der Waals surface area contributed by atoms with Crippen molar-refractivity contribution in [2.75, 3.05) is 78.7 Å². The normalized spacial score (nSPS) is 18.9. The van der Waals surface area contributed by atoms with E-state index in [9.17, 15) is 14.4 Å². The van der Waals surface area contributed by atoms with Crippen LogP contribution in [0.25, 0.3) is 0 Å². The molecule has 3 rings (SSSR count). The van der Waals surface area contributed by atoms with Gasteiger partial charge in [0.15, 0.2) is 0 Å². The van der Waals surface area contributed by atoms with Crippen LogP contribution in [0.1, 0.15) is 26.2 Å². The summed E-state index contributed by atoms with van der Waals surface area (Å²) in [7, 11) is 0. The minimum Gasteiger partial charge on any atom is -0.465 e. The number of hydrogen-bond donors (Lipinski definition) is 0. The Morgan fingerprint density at radius 2 is 0.897 bits per heavy atom. The van der Waals surface area contributed by atoms with Crippen molar-refractivity contribution in [2.45, 2.75) is 26.2 Å². The molecule has 29 heavy (non-hydrogen) atoms. The predicted molar refractivity (Wildman–Crippen MR) is 104 cm³/mol. The molecule has 0 amide bonds. The quantitative estimate of drug-likeness (QED) is 0.205. The van der Waals surface area contributed by atoms with Crippen LogP contribution in [-0.4, -0.2) is 111 Å². The Morgan fingerprint density at radius 3 is 1.14 bits per heavy atom. The largest absolute Gasteiger partial charge is 0.465 e. The lowest BCUT2D eigenvalue weighted by molar-refractivity contribution is -0.160. The van der Waals surface area contributed by atoms with Crippen molar-refractivity contribution in [3.8, 4) is 0 Å². The van der Waals surface area contributed by atoms with Crippen LogP contribution in [0.3, 0.4) is 0 Å². The van der Waals surface area contributed by atoms with Gasteiger partial charge in [-0.25, -0.2) is 0 Å². The third kappa shape index (κ3) is 9.56. The summed E-state index contributed by atoms with van der Waals surface area (Å²) in [5.74, 6) is -0.864. The molecule has 3 aliphatic heterocycles. The topological polar surface area (TPSA) is 87.9 Å². The SMILES string of the molecule is CC(COC(=O)CCN1CC1)(COC(=O)CCN1CC1)COC(=O)CCN1CC1. The van der Waals surface area contributed by atoms with Gasteiger partial charge in [-0.1, -0.05) is 0 Å². The zero-order valence-electron chi connectivity index (χ0n) is 17.4. The second-order valence-corrected chi connectivity index (χ2v) is 8.57. The molecule has 0 unspecified atom stereocenters. The lowest BCUT2D eigenvalue weighted by Gasteiger charge is -2.28. The summed E-state index contributed by atoms with van der Waals surface area (Å²) in [6.07, 6.45) is 1.00. The van der Waals surface area contributed by atoms with Crippen LogP contribution in [0, 0.1) is 5.41 Å². The molecule has 3 aliphatic rings. The molecule has 0 bridgehead atoms. The minimum atomic E-state index is -0.763. The van der Waals surface area contributed by atoms with Gasteiger partial charge >= 0.3 is 17.9 Å². The standard InChI is InChI=1S/C20H33N3O6/c1-20(14-27-17(24)2-5-21-8-9-21,15-28-18(25)3-6-22-10-11-22)16-29-19(26)4-7-23-12-13-23/h2-16H2,1H3. The van der Waals surface area contributed by atoms with Gasteiger partial charge in [-0.3, -0.25) is 14.4 Å². The van der Waals surface area contributed by atoms with E-state index in [2.05, 4.69) is 14.7 Å². The molecule has 3 heterocycles. The van der Waals surface area contributed by atoms with E-state index >= 15 is 0 Å². The number of ether oxygens (including phenoxy) is 3. The van der Waals surface area contributed by atoms with Crippen molar-refractivity contribution in [3.05, 3.63) is 0 Å². The maximum absolute atomic E-state index is 12.0. The molecule has 0 aromatic rings. The first kappa shape index (κ1) is 22.0. The average Bonchev–Trinajstić information content (AvgIpc) is 3.57. The van der Waals surface area contributed by atoms with Crippen LogP contribution in [-0.2, 0) is 28.6 Å². The molecule has 3 saturated heterocycles. The molecule has 0 radical (unpaired) electrons. The fourth-order valence-corrected chi connectivity index (χ4v) is 2.74. The molecule has 164 valence electrons. The molecule has 0 N–H and O–H groups in total. The summed E-state index contributed by atoms with van der Waals surface area (Å²) < 4.78 is 16.2. The molecule has 0 saturated carbocycles. The first-order chi connectivity index (χ1) is 13.9. The number of rotatable bonds is 15. The highest BCUT2D eigenvalue weighted by Crippen LogP contribution is 2.20. The third-order valence-electron chi connectivity index (χ3n) is 5.26. The van der Waals surface area contributed by atoms with Crippen LogP contribution in [0.4, 0.5) is 0 Å². The highest BCUT2D eigenvalue weighted by atomic mass is 16.6. The molecule has 0 aliphatic carbocycles. The Morgan fingerprint density at radius 1 is 0.621 bits per heavy atom. The molecule has 0 atom stereocenters. The minimum absolute atomic E-state index is 0.0463. The van der Waals surface area contributed by atoms with Crippen molar-refractivity contribution in [2.24, 2.45) is 5.41 Å². The molecule has 3 fully saturated rings. The zero-order chi connectivity index (χ0) is 20.7. The summed E-state index contributed by atoms with van der Waals surface area (Å²) in [5.41, 5.74) is -0.763. The summed E-state index contributed by atoms with van der Waals surface area (Å²) >= 11 is 0. The molecular formula is C20H33N3O6. The van der Waals surface area contributed by atoms with Crippen molar-refractivity contribution >= 4 is 17.9 Å². The van der Waals surface area contributed by atoms with Gasteiger partial charge in [0, 0.05) is 58.9 Å². The average molecular weight is 411 g/mol. The molecule has 9 heteroatoms. The zero-order valence-corrected chi connectivity index (χ0v) is 17.4. The Balaban J connectivity index is 1.40. The van der Waals surface area contributed by atoms with Crippen LogP contribution < -0.4 is 0 Å². The van der Waals surface area contributed by atoms with Gasteiger partial charge in [-0.15, -0.1) is 0 Å². The lowest BCUT2D eigenvalue weighted by Crippen LogP contribution is -2.37. The Kier molecular flexibility index (Phi) is 7.85. The first-order valence-electron chi connectivity index (χ1n) is 10.6. The Labute approximate surface area is 172 Å². The van der Waals surface area contributed by atoms with Gasteiger partial charge in [-0.2, -0.15) is 0 Å². The van der Waals surface area contributed by atoms with E-state index in [1.807, 2.05) is 0 Å². The van der Waals surface area contributed by atoms with Gasteiger partial charge in [-0.05, 0) is 6.92 Å². The van der Waals surface area contributed by atoms with E-state index in [1.54, 1.807) is 6.92 Å². The van der Waals surface area contributed by atoms with Crippen molar-refractivity contribution in [1.29, 1.82) is 0 Å². The number of hydrogen-bond acceptors (Lipinski definition) is 9. The van der Waals surface area contributed by atoms with Crippen molar-refractivity contribution < 1.29 is 28.6 Å². The fraction of sp³-hybridized carbons (Fsp3) is 0.850.